The molecule has 0 aromatic carbocycles. The van der Waals surface area contributed by atoms with Gasteiger partial charge in [0.05, 0.1) is 12.7 Å². The lowest BCUT2D eigenvalue weighted by molar-refractivity contribution is 0.376. The molecular formula is C16H29IN4O. The topological polar surface area (TPSA) is 53.7 Å². The van der Waals surface area contributed by atoms with Gasteiger partial charge in [0.15, 0.2) is 5.96 Å². The Morgan fingerprint density at radius 2 is 2.18 bits per heavy atom. The molecular weight excluding hydrogens is 391 g/mol. The van der Waals surface area contributed by atoms with Crippen molar-refractivity contribution in [3.05, 3.63) is 30.5 Å². The van der Waals surface area contributed by atoms with Gasteiger partial charge >= 0.3 is 0 Å². The molecule has 0 fully saturated rings. The number of hydrogen-bond donors (Lipinski definition) is 1. The van der Waals surface area contributed by atoms with Gasteiger partial charge in [0, 0.05) is 26.1 Å². The first-order valence-corrected chi connectivity index (χ1v) is 7.36. The number of oxazole rings is 1. The Bertz CT molecular complexity index is 477. The molecule has 22 heavy (non-hydrogen) atoms. The van der Waals surface area contributed by atoms with E-state index in [1.54, 1.807) is 13.2 Å². The fraction of sp³-hybridized carbons (Fsp3) is 0.625. The zero-order valence-corrected chi connectivity index (χ0v) is 16.7. The summed E-state index contributed by atoms with van der Waals surface area (Å²) in [6.07, 6.45) is 5.81. The molecule has 0 bridgehead atoms. The Morgan fingerprint density at radius 1 is 1.50 bits per heavy atom. The van der Waals surface area contributed by atoms with Crippen molar-refractivity contribution in [2.45, 2.75) is 45.6 Å². The third kappa shape index (κ3) is 6.81. The van der Waals surface area contributed by atoms with Crippen molar-refractivity contribution in [1.29, 1.82) is 0 Å². The molecule has 0 spiro atoms. The minimum absolute atomic E-state index is 0. The Labute approximate surface area is 151 Å². The summed E-state index contributed by atoms with van der Waals surface area (Å²) in [4.78, 5) is 10.7. The number of nitrogens with zero attached hydrogens (tertiary/aromatic N) is 3. The second kappa shape index (κ2) is 9.86. The van der Waals surface area contributed by atoms with Gasteiger partial charge in [0.2, 0.25) is 5.89 Å². The van der Waals surface area contributed by atoms with Crippen molar-refractivity contribution >= 4 is 29.9 Å². The molecule has 0 unspecified atom stereocenters. The quantitative estimate of drug-likeness (QED) is 0.251. The molecule has 0 aliphatic carbocycles. The number of guanidine groups is 1. The number of aliphatic imine (C=N–C) groups is 1. The van der Waals surface area contributed by atoms with Crippen LogP contribution in [-0.2, 0) is 12.0 Å². The smallest absolute Gasteiger partial charge is 0.213 e. The molecule has 1 heterocycles. The lowest BCUT2D eigenvalue weighted by Crippen LogP contribution is -2.39. The van der Waals surface area contributed by atoms with E-state index in [4.69, 9.17) is 4.42 Å². The average Bonchev–Trinajstić information content (AvgIpc) is 2.88. The summed E-state index contributed by atoms with van der Waals surface area (Å²) in [5.74, 6) is 2.42. The van der Waals surface area contributed by atoms with Crippen molar-refractivity contribution in [3.8, 4) is 0 Å². The first-order valence-electron chi connectivity index (χ1n) is 7.36. The largest absolute Gasteiger partial charge is 0.443 e. The van der Waals surface area contributed by atoms with Crippen LogP contribution in [-0.4, -0.2) is 36.5 Å². The first-order chi connectivity index (χ1) is 9.88. The van der Waals surface area contributed by atoms with Crippen molar-refractivity contribution in [2.75, 3.05) is 20.6 Å². The van der Waals surface area contributed by atoms with E-state index in [0.29, 0.717) is 12.4 Å². The van der Waals surface area contributed by atoms with Crippen LogP contribution in [0.3, 0.4) is 0 Å². The number of unbranched alkanes of at least 4 members (excludes halogenated alkanes) is 1. The van der Waals surface area contributed by atoms with E-state index in [1.165, 1.54) is 0 Å². The molecule has 6 heteroatoms. The van der Waals surface area contributed by atoms with Crippen LogP contribution in [0.4, 0.5) is 0 Å². The van der Waals surface area contributed by atoms with E-state index in [0.717, 1.165) is 31.1 Å². The second-order valence-electron chi connectivity index (χ2n) is 6.12. The summed E-state index contributed by atoms with van der Waals surface area (Å²) in [6, 6.07) is 0. The number of halogens is 1. The van der Waals surface area contributed by atoms with Gasteiger partial charge in [-0.3, -0.25) is 4.99 Å². The summed E-state index contributed by atoms with van der Waals surface area (Å²) in [5.41, 5.74) is -0.0194. The fourth-order valence-electron chi connectivity index (χ4n) is 1.86. The highest BCUT2D eigenvalue weighted by atomic mass is 127. The Morgan fingerprint density at radius 3 is 2.68 bits per heavy atom. The zero-order chi connectivity index (χ0) is 15.9. The van der Waals surface area contributed by atoms with Crippen molar-refractivity contribution < 1.29 is 4.42 Å². The third-order valence-corrected chi connectivity index (χ3v) is 3.17. The first kappa shape index (κ1) is 20.9. The highest BCUT2D eigenvalue weighted by molar-refractivity contribution is 14.0. The van der Waals surface area contributed by atoms with E-state index in [9.17, 15) is 0 Å². The van der Waals surface area contributed by atoms with Gasteiger partial charge in [-0.15, -0.1) is 30.6 Å². The average molecular weight is 420 g/mol. The molecule has 1 N–H and O–H groups in total. The van der Waals surface area contributed by atoms with E-state index >= 15 is 0 Å². The summed E-state index contributed by atoms with van der Waals surface area (Å²) < 4.78 is 5.76. The van der Waals surface area contributed by atoms with Crippen molar-refractivity contribution in [2.24, 2.45) is 4.99 Å². The van der Waals surface area contributed by atoms with Gasteiger partial charge in [0.1, 0.15) is 5.76 Å². The normalized spacial score (nSPS) is 11.8. The van der Waals surface area contributed by atoms with Crippen molar-refractivity contribution in [1.82, 2.24) is 15.2 Å². The molecule has 0 amide bonds. The molecule has 1 aromatic heterocycles. The number of aromatic nitrogens is 1. The van der Waals surface area contributed by atoms with Crippen molar-refractivity contribution in [3.63, 3.8) is 0 Å². The SMILES string of the molecule is C=CCCCN(C)C(=NC)NCc1ncc(C(C)(C)C)o1.I. The Balaban J connectivity index is 0.00000441. The van der Waals surface area contributed by atoms with Gasteiger partial charge in [-0.05, 0) is 12.8 Å². The molecule has 0 atom stereocenters. The van der Waals surface area contributed by atoms with Crippen LogP contribution in [0.15, 0.2) is 28.3 Å². The Kier molecular flexibility index (Phi) is 9.39. The summed E-state index contributed by atoms with van der Waals surface area (Å²) in [5, 5.41) is 3.27. The predicted molar refractivity (Wildman–Crippen MR) is 103 cm³/mol. The summed E-state index contributed by atoms with van der Waals surface area (Å²) >= 11 is 0. The minimum Gasteiger partial charge on any atom is -0.443 e. The Hall–Kier alpha value is -1.05. The van der Waals surface area contributed by atoms with Crippen LogP contribution in [0.1, 0.15) is 45.3 Å². The second-order valence-corrected chi connectivity index (χ2v) is 6.12. The summed E-state index contributed by atoms with van der Waals surface area (Å²) in [6.45, 7) is 11.5. The van der Waals surface area contributed by atoms with Gasteiger partial charge in [-0.1, -0.05) is 26.8 Å². The van der Waals surface area contributed by atoms with E-state index in [2.05, 4.69) is 47.5 Å². The summed E-state index contributed by atoms with van der Waals surface area (Å²) in [7, 11) is 3.80. The fourth-order valence-corrected chi connectivity index (χ4v) is 1.86. The van der Waals surface area contributed by atoms with Crippen LogP contribution >= 0.6 is 24.0 Å². The van der Waals surface area contributed by atoms with Gasteiger partial charge < -0.3 is 14.6 Å². The molecule has 1 aromatic rings. The highest BCUT2D eigenvalue weighted by Crippen LogP contribution is 2.22. The maximum Gasteiger partial charge on any atom is 0.213 e. The van der Waals surface area contributed by atoms with E-state index < -0.39 is 0 Å². The molecule has 0 radical (unpaired) electrons. The zero-order valence-electron chi connectivity index (χ0n) is 14.3. The number of hydrogen-bond acceptors (Lipinski definition) is 3. The van der Waals surface area contributed by atoms with Crippen LogP contribution in [0, 0.1) is 0 Å². The maximum atomic E-state index is 5.76. The molecule has 0 saturated heterocycles. The van der Waals surface area contributed by atoms with E-state index in [-0.39, 0.29) is 29.4 Å². The maximum absolute atomic E-state index is 5.76. The van der Waals surface area contributed by atoms with Crippen LogP contribution < -0.4 is 5.32 Å². The van der Waals surface area contributed by atoms with Gasteiger partial charge in [-0.2, -0.15) is 0 Å². The van der Waals surface area contributed by atoms with Gasteiger partial charge in [0.25, 0.3) is 0 Å². The number of rotatable bonds is 6. The predicted octanol–water partition coefficient (Wildman–Crippen LogP) is 3.56. The molecule has 126 valence electrons. The van der Waals surface area contributed by atoms with Crippen LogP contribution in [0.2, 0.25) is 0 Å². The third-order valence-electron chi connectivity index (χ3n) is 3.17. The molecule has 0 aliphatic rings. The highest BCUT2D eigenvalue weighted by Gasteiger charge is 2.19. The molecule has 0 aliphatic heterocycles. The lowest BCUT2D eigenvalue weighted by atomic mass is 9.94. The molecule has 1 rings (SSSR count). The van der Waals surface area contributed by atoms with Gasteiger partial charge in [-0.25, -0.2) is 4.98 Å². The number of nitrogens with one attached hydrogen (secondary N) is 1. The monoisotopic (exact) mass is 420 g/mol. The number of allylic oxidation sites excluding steroid dienone is 1. The molecule has 5 nitrogen and oxygen atoms in total. The van der Waals surface area contributed by atoms with Crippen LogP contribution in [0.25, 0.3) is 0 Å². The lowest BCUT2D eigenvalue weighted by Gasteiger charge is -2.21. The van der Waals surface area contributed by atoms with E-state index in [1.807, 2.05) is 13.1 Å². The van der Waals surface area contributed by atoms with Crippen LogP contribution in [0.5, 0.6) is 0 Å². The minimum atomic E-state index is -0.0194. The molecule has 0 saturated carbocycles. The standard InChI is InChI=1S/C16H28N4O.HI/c1-7-8-9-10-20(6)15(17-5)19-12-14-18-11-13(21-14)16(2,3)4;/h7,11H,1,8-10,12H2,2-6H3,(H,17,19);1H.